The molecule has 2 aromatic carbocycles. The fraction of sp³-hybridized carbons (Fsp3) is 0.350. The number of hydrogen-bond acceptors (Lipinski definition) is 3. The zero-order chi connectivity index (χ0) is 18.4. The van der Waals surface area contributed by atoms with Crippen molar-refractivity contribution in [2.75, 3.05) is 19.0 Å². The number of aryl methyl sites for hydroxylation is 1. The molecular weight excluding hydrogens is 316 g/mol. The molecule has 2 amide bonds. The van der Waals surface area contributed by atoms with E-state index in [1.54, 1.807) is 6.07 Å². The van der Waals surface area contributed by atoms with Crippen molar-refractivity contribution in [3.63, 3.8) is 0 Å². The topological polar surface area (TPSA) is 70.6 Å². The van der Waals surface area contributed by atoms with Crippen LogP contribution < -0.4 is 15.4 Å². The van der Waals surface area contributed by atoms with Gasteiger partial charge in [0.25, 0.3) is 0 Å². The molecule has 5 heteroatoms. The molecule has 0 atom stereocenters. The second kappa shape index (κ2) is 8.42. The summed E-state index contributed by atoms with van der Waals surface area (Å²) < 4.78 is 5.09. The lowest BCUT2D eigenvalue weighted by molar-refractivity contribution is 0.252. The lowest BCUT2D eigenvalue weighted by atomic mass is 9.98. The van der Waals surface area contributed by atoms with Crippen LogP contribution in [-0.4, -0.2) is 24.8 Å². The summed E-state index contributed by atoms with van der Waals surface area (Å²) in [5.74, 6) is 0.876. The van der Waals surface area contributed by atoms with Crippen LogP contribution in [0.1, 0.15) is 36.5 Å². The third-order valence-electron chi connectivity index (χ3n) is 4.15. The molecule has 0 bridgehead atoms. The minimum absolute atomic E-state index is 0.119. The highest BCUT2D eigenvalue weighted by molar-refractivity contribution is 5.91. The number of amides is 2. The van der Waals surface area contributed by atoms with Gasteiger partial charge >= 0.3 is 6.03 Å². The zero-order valence-corrected chi connectivity index (χ0v) is 15.2. The summed E-state index contributed by atoms with van der Waals surface area (Å²) in [4.78, 5) is 12.2. The van der Waals surface area contributed by atoms with Crippen molar-refractivity contribution in [2.45, 2.75) is 33.1 Å². The number of methoxy groups -OCH3 is 1. The number of carbonyl (C=O) groups excluding carboxylic acids is 1. The number of phenolic OH excluding ortho intramolecular Hbond substituents is 1. The highest BCUT2D eigenvalue weighted by Crippen LogP contribution is 2.29. The molecule has 3 N–H and O–H groups in total. The molecule has 0 saturated heterocycles. The van der Waals surface area contributed by atoms with Gasteiger partial charge in [0, 0.05) is 12.2 Å². The second-order valence-electron chi connectivity index (χ2n) is 6.29. The van der Waals surface area contributed by atoms with Gasteiger partial charge in [0.05, 0.1) is 7.11 Å². The van der Waals surface area contributed by atoms with Crippen molar-refractivity contribution in [2.24, 2.45) is 0 Å². The fourth-order valence-corrected chi connectivity index (χ4v) is 2.74. The Bertz CT molecular complexity index is 742. The Morgan fingerprint density at radius 3 is 2.60 bits per heavy atom. The number of rotatable bonds is 6. The van der Waals surface area contributed by atoms with Gasteiger partial charge in [0.15, 0.2) is 11.5 Å². The molecule has 0 aliphatic rings. The van der Waals surface area contributed by atoms with E-state index >= 15 is 0 Å². The zero-order valence-electron chi connectivity index (χ0n) is 15.2. The predicted octanol–water partition coefficient (Wildman–Crippen LogP) is 4.20. The number of ether oxygens (including phenoxy) is 1. The van der Waals surface area contributed by atoms with Crippen LogP contribution in [0.3, 0.4) is 0 Å². The lowest BCUT2D eigenvalue weighted by Crippen LogP contribution is -2.31. The summed E-state index contributed by atoms with van der Waals surface area (Å²) in [5, 5.41) is 15.9. The van der Waals surface area contributed by atoms with Gasteiger partial charge in [-0.05, 0) is 42.0 Å². The molecule has 0 spiro atoms. The van der Waals surface area contributed by atoms with E-state index in [0.29, 0.717) is 24.6 Å². The van der Waals surface area contributed by atoms with Gasteiger partial charge in [0.2, 0.25) is 0 Å². The first kappa shape index (κ1) is 18.6. The Labute approximate surface area is 149 Å². The summed E-state index contributed by atoms with van der Waals surface area (Å²) in [6.07, 6.45) is 0.515. The van der Waals surface area contributed by atoms with Gasteiger partial charge in [0.1, 0.15) is 0 Å². The molecule has 0 saturated carbocycles. The number of carbonyl (C=O) groups is 1. The van der Waals surface area contributed by atoms with Crippen molar-refractivity contribution >= 4 is 11.7 Å². The average Bonchev–Trinajstić information content (AvgIpc) is 2.58. The molecular formula is C20H26N2O3. The Hall–Kier alpha value is -2.69. The quantitative estimate of drug-likeness (QED) is 0.737. The number of nitrogens with one attached hydrogen (secondary N) is 2. The van der Waals surface area contributed by atoms with E-state index < -0.39 is 0 Å². The molecule has 0 radical (unpaired) electrons. The first-order chi connectivity index (χ1) is 11.9. The summed E-state index contributed by atoms with van der Waals surface area (Å²) in [6.45, 7) is 6.60. The maximum atomic E-state index is 12.2. The second-order valence-corrected chi connectivity index (χ2v) is 6.29. The number of para-hydroxylation sites is 2. The van der Waals surface area contributed by atoms with Crippen molar-refractivity contribution in [1.82, 2.24) is 5.32 Å². The smallest absolute Gasteiger partial charge is 0.319 e. The Morgan fingerprint density at radius 2 is 1.92 bits per heavy atom. The highest BCUT2D eigenvalue weighted by Gasteiger charge is 2.12. The van der Waals surface area contributed by atoms with E-state index in [-0.39, 0.29) is 11.8 Å². The van der Waals surface area contributed by atoms with E-state index in [1.807, 2.05) is 37.3 Å². The first-order valence-corrected chi connectivity index (χ1v) is 8.43. The number of anilines is 1. The van der Waals surface area contributed by atoms with Crippen LogP contribution >= 0.6 is 0 Å². The lowest BCUT2D eigenvalue weighted by Gasteiger charge is -2.17. The molecule has 0 aromatic heterocycles. The van der Waals surface area contributed by atoms with Crippen LogP contribution in [0.4, 0.5) is 10.5 Å². The van der Waals surface area contributed by atoms with Crippen molar-refractivity contribution in [3.05, 3.63) is 53.1 Å². The Kier molecular flexibility index (Phi) is 6.28. The maximum absolute atomic E-state index is 12.2. The summed E-state index contributed by atoms with van der Waals surface area (Å²) in [7, 11) is 1.51. The van der Waals surface area contributed by atoms with Gasteiger partial charge in [-0.25, -0.2) is 4.79 Å². The fourth-order valence-electron chi connectivity index (χ4n) is 2.74. The van der Waals surface area contributed by atoms with Crippen LogP contribution in [0.25, 0.3) is 0 Å². The highest BCUT2D eigenvalue weighted by atomic mass is 16.5. The van der Waals surface area contributed by atoms with Crippen molar-refractivity contribution in [3.8, 4) is 11.5 Å². The number of phenols is 1. The Morgan fingerprint density at radius 1 is 1.20 bits per heavy atom. The van der Waals surface area contributed by atoms with E-state index in [1.165, 1.54) is 7.11 Å². The van der Waals surface area contributed by atoms with E-state index in [9.17, 15) is 9.90 Å². The molecule has 0 heterocycles. The standard InChI is InChI=1S/C20H26N2O3/c1-13(2)16-9-5-7-14(3)18(16)22-20(24)21-12-11-15-8-6-10-17(25-4)19(15)23/h5-10,13,23H,11-12H2,1-4H3,(H2,21,22,24). The molecule has 0 aliphatic heterocycles. The molecule has 0 unspecified atom stereocenters. The van der Waals surface area contributed by atoms with E-state index in [4.69, 9.17) is 4.74 Å². The Balaban J connectivity index is 1.96. The van der Waals surface area contributed by atoms with Crippen LogP contribution in [0.5, 0.6) is 11.5 Å². The van der Waals surface area contributed by atoms with Gasteiger partial charge in [-0.15, -0.1) is 0 Å². The van der Waals surface area contributed by atoms with Gasteiger partial charge in [-0.3, -0.25) is 0 Å². The van der Waals surface area contributed by atoms with Crippen LogP contribution in [0.2, 0.25) is 0 Å². The van der Waals surface area contributed by atoms with Crippen molar-refractivity contribution in [1.29, 1.82) is 0 Å². The normalized spacial score (nSPS) is 10.6. The molecule has 25 heavy (non-hydrogen) atoms. The number of hydrogen-bond donors (Lipinski definition) is 3. The summed E-state index contributed by atoms with van der Waals surface area (Å²) >= 11 is 0. The van der Waals surface area contributed by atoms with Gasteiger partial charge in [-0.1, -0.05) is 44.2 Å². The number of aromatic hydroxyl groups is 1. The van der Waals surface area contributed by atoms with Gasteiger partial charge < -0.3 is 20.5 Å². The molecule has 134 valence electrons. The monoisotopic (exact) mass is 342 g/mol. The first-order valence-electron chi connectivity index (χ1n) is 8.43. The van der Waals surface area contributed by atoms with Crippen LogP contribution in [0.15, 0.2) is 36.4 Å². The van der Waals surface area contributed by atoms with Crippen LogP contribution in [-0.2, 0) is 6.42 Å². The molecule has 5 nitrogen and oxygen atoms in total. The minimum atomic E-state index is -0.251. The third-order valence-corrected chi connectivity index (χ3v) is 4.15. The number of benzene rings is 2. The minimum Gasteiger partial charge on any atom is -0.504 e. The maximum Gasteiger partial charge on any atom is 0.319 e. The summed E-state index contributed by atoms with van der Waals surface area (Å²) in [6, 6.07) is 11.1. The predicted molar refractivity (Wildman–Crippen MR) is 101 cm³/mol. The molecule has 2 rings (SSSR count). The number of urea groups is 1. The largest absolute Gasteiger partial charge is 0.504 e. The van der Waals surface area contributed by atoms with Gasteiger partial charge in [-0.2, -0.15) is 0 Å². The summed E-state index contributed by atoms with van der Waals surface area (Å²) in [5.41, 5.74) is 3.74. The van der Waals surface area contributed by atoms with Crippen LogP contribution in [0, 0.1) is 6.92 Å². The molecule has 2 aromatic rings. The molecule has 0 aliphatic carbocycles. The molecule has 0 fully saturated rings. The average molecular weight is 342 g/mol. The van der Waals surface area contributed by atoms with E-state index in [0.717, 1.165) is 22.4 Å². The van der Waals surface area contributed by atoms with E-state index in [2.05, 4.69) is 24.5 Å². The SMILES string of the molecule is COc1cccc(CCNC(=O)Nc2c(C)cccc2C(C)C)c1O. The third kappa shape index (κ3) is 4.66. The van der Waals surface area contributed by atoms with Crippen molar-refractivity contribution < 1.29 is 14.6 Å².